The van der Waals surface area contributed by atoms with Gasteiger partial charge in [0.2, 0.25) is 0 Å². The zero-order valence-corrected chi connectivity index (χ0v) is 13.4. The summed E-state index contributed by atoms with van der Waals surface area (Å²) in [5, 5.41) is 11.9. The molecule has 120 valence electrons. The van der Waals surface area contributed by atoms with Crippen molar-refractivity contribution in [2.75, 3.05) is 19.7 Å². The zero-order valence-electron chi connectivity index (χ0n) is 12.6. The number of carboxylic acid groups (broad SMARTS) is 1. The number of carbonyl (C=O) groups is 2. The molecule has 1 saturated heterocycles. The normalized spacial score (nSPS) is 18.0. The summed E-state index contributed by atoms with van der Waals surface area (Å²) in [7, 11) is 0. The van der Waals surface area contributed by atoms with Gasteiger partial charge in [-0.05, 0) is 19.1 Å². The van der Waals surface area contributed by atoms with Gasteiger partial charge in [0.05, 0.1) is 13.2 Å². The van der Waals surface area contributed by atoms with Gasteiger partial charge in [-0.1, -0.05) is 12.1 Å². The quantitative estimate of drug-likeness (QED) is 0.930. The number of thiazole rings is 1. The van der Waals surface area contributed by atoms with E-state index in [2.05, 4.69) is 4.98 Å². The number of ether oxygens (including phenoxy) is 1. The highest BCUT2D eigenvalue weighted by Crippen LogP contribution is 2.24. The fourth-order valence-electron chi connectivity index (χ4n) is 2.41. The van der Waals surface area contributed by atoms with Crippen LogP contribution in [0, 0.1) is 6.92 Å². The molecule has 0 aliphatic carbocycles. The fraction of sp³-hybridized carbons (Fsp3) is 0.312. The first-order valence-corrected chi connectivity index (χ1v) is 8.09. The lowest BCUT2D eigenvalue weighted by Gasteiger charge is -2.30. The van der Waals surface area contributed by atoms with Crippen molar-refractivity contribution in [1.29, 1.82) is 0 Å². The van der Waals surface area contributed by atoms with Gasteiger partial charge in [0.15, 0.2) is 6.10 Å². The first-order valence-electron chi connectivity index (χ1n) is 7.21. The predicted molar refractivity (Wildman–Crippen MR) is 85.6 cm³/mol. The Labute approximate surface area is 137 Å². The molecule has 1 fully saturated rings. The molecule has 1 atom stereocenters. The number of morpholine rings is 1. The lowest BCUT2D eigenvalue weighted by atomic mass is 10.1. The highest BCUT2D eigenvalue weighted by Gasteiger charge is 2.29. The van der Waals surface area contributed by atoms with Crippen LogP contribution in [0.15, 0.2) is 29.6 Å². The number of carboxylic acids is 1. The Morgan fingerprint density at radius 1 is 1.35 bits per heavy atom. The maximum Gasteiger partial charge on any atom is 0.334 e. The minimum absolute atomic E-state index is 0.0710. The van der Waals surface area contributed by atoms with E-state index >= 15 is 0 Å². The standard InChI is InChI=1S/C16H16N2O4S/c1-10-9-23-14(17-10)11-2-4-12(5-3-11)15(19)18-6-7-22-13(8-18)16(20)21/h2-5,9,13H,6-8H2,1H3,(H,20,21)/t13-/m0/s1. The van der Waals surface area contributed by atoms with Crippen molar-refractivity contribution in [3.8, 4) is 10.6 Å². The minimum atomic E-state index is -1.04. The monoisotopic (exact) mass is 332 g/mol. The number of amides is 1. The van der Waals surface area contributed by atoms with Gasteiger partial charge in [-0.25, -0.2) is 9.78 Å². The second-order valence-corrected chi connectivity index (χ2v) is 6.18. The number of hydrogen-bond acceptors (Lipinski definition) is 5. The van der Waals surface area contributed by atoms with E-state index in [9.17, 15) is 9.59 Å². The summed E-state index contributed by atoms with van der Waals surface area (Å²) in [6, 6.07) is 7.22. The molecular weight excluding hydrogens is 316 g/mol. The van der Waals surface area contributed by atoms with Crippen LogP contribution in [0.25, 0.3) is 10.6 Å². The molecule has 2 aromatic rings. The summed E-state index contributed by atoms with van der Waals surface area (Å²) in [5.41, 5.74) is 2.47. The molecule has 7 heteroatoms. The largest absolute Gasteiger partial charge is 0.479 e. The Morgan fingerprint density at radius 3 is 2.70 bits per heavy atom. The van der Waals surface area contributed by atoms with Crippen LogP contribution in [-0.2, 0) is 9.53 Å². The second kappa shape index (κ2) is 6.47. The summed E-state index contributed by atoms with van der Waals surface area (Å²) >= 11 is 1.56. The van der Waals surface area contributed by atoms with Crippen LogP contribution in [0.4, 0.5) is 0 Å². The molecule has 0 unspecified atom stereocenters. The number of aliphatic carboxylic acids is 1. The average Bonchev–Trinajstić information content (AvgIpc) is 3.01. The SMILES string of the molecule is Cc1csc(-c2ccc(C(=O)N3CCO[C@H](C(=O)O)C3)cc2)n1. The van der Waals surface area contributed by atoms with Gasteiger partial charge in [-0.2, -0.15) is 0 Å². The van der Waals surface area contributed by atoms with E-state index in [4.69, 9.17) is 9.84 Å². The number of rotatable bonds is 3. The molecule has 3 rings (SSSR count). The Balaban J connectivity index is 1.74. The summed E-state index contributed by atoms with van der Waals surface area (Å²) in [6.45, 7) is 2.64. The molecule has 1 amide bonds. The topological polar surface area (TPSA) is 79.7 Å². The fourth-order valence-corrected chi connectivity index (χ4v) is 3.21. The van der Waals surface area contributed by atoms with Crippen LogP contribution < -0.4 is 0 Å². The number of aromatic nitrogens is 1. The molecule has 6 nitrogen and oxygen atoms in total. The van der Waals surface area contributed by atoms with Crippen LogP contribution in [0.3, 0.4) is 0 Å². The van der Waals surface area contributed by atoms with Gasteiger partial charge in [0, 0.05) is 28.7 Å². The van der Waals surface area contributed by atoms with Crippen molar-refractivity contribution in [2.45, 2.75) is 13.0 Å². The first-order chi connectivity index (χ1) is 11.0. The van der Waals surface area contributed by atoms with E-state index in [-0.39, 0.29) is 19.1 Å². The number of carbonyl (C=O) groups excluding carboxylic acids is 1. The Hall–Kier alpha value is -2.25. The predicted octanol–water partition coefficient (Wildman–Crippen LogP) is 2.04. The maximum absolute atomic E-state index is 12.5. The van der Waals surface area contributed by atoms with Gasteiger partial charge >= 0.3 is 5.97 Å². The van der Waals surface area contributed by atoms with E-state index < -0.39 is 12.1 Å². The number of nitrogens with zero attached hydrogens (tertiary/aromatic N) is 2. The molecule has 0 bridgehead atoms. The average molecular weight is 332 g/mol. The van der Waals surface area contributed by atoms with Crippen LogP contribution >= 0.6 is 11.3 Å². The molecular formula is C16H16N2O4S. The molecule has 1 aliphatic heterocycles. The molecule has 0 radical (unpaired) electrons. The van der Waals surface area contributed by atoms with Crippen molar-refractivity contribution in [3.05, 3.63) is 40.9 Å². The molecule has 1 N–H and O–H groups in total. The van der Waals surface area contributed by atoms with Crippen LogP contribution in [0.2, 0.25) is 0 Å². The molecule has 1 aromatic carbocycles. The van der Waals surface area contributed by atoms with E-state index in [1.54, 1.807) is 23.5 Å². The molecule has 23 heavy (non-hydrogen) atoms. The van der Waals surface area contributed by atoms with Crippen molar-refractivity contribution >= 4 is 23.2 Å². The third-order valence-corrected chi connectivity index (χ3v) is 4.64. The Morgan fingerprint density at radius 2 is 2.09 bits per heavy atom. The smallest absolute Gasteiger partial charge is 0.334 e. The molecule has 1 aliphatic rings. The van der Waals surface area contributed by atoms with E-state index in [1.807, 2.05) is 24.4 Å². The van der Waals surface area contributed by atoms with Gasteiger partial charge in [0.25, 0.3) is 5.91 Å². The molecule has 1 aromatic heterocycles. The molecule has 0 spiro atoms. The summed E-state index contributed by atoms with van der Waals surface area (Å²) in [4.78, 5) is 29.4. The van der Waals surface area contributed by atoms with Gasteiger partial charge < -0.3 is 14.7 Å². The van der Waals surface area contributed by atoms with Gasteiger partial charge in [-0.15, -0.1) is 11.3 Å². The zero-order chi connectivity index (χ0) is 16.4. The van der Waals surface area contributed by atoms with E-state index in [1.165, 1.54) is 4.90 Å². The van der Waals surface area contributed by atoms with Crippen molar-refractivity contribution in [3.63, 3.8) is 0 Å². The third-order valence-electron chi connectivity index (χ3n) is 3.63. The maximum atomic E-state index is 12.5. The van der Waals surface area contributed by atoms with Crippen LogP contribution in [0.5, 0.6) is 0 Å². The summed E-state index contributed by atoms with van der Waals surface area (Å²) < 4.78 is 5.13. The van der Waals surface area contributed by atoms with E-state index in [0.717, 1.165) is 16.3 Å². The number of aryl methyl sites for hydroxylation is 1. The number of hydrogen-bond donors (Lipinski definition) is 1. The summed E-state index contributed by atoms with van der Waals surface area (Å²) in [6.07, 6.45) is -0.953. The molecule has 2 heterocycles. The first kappa shape index (κ1) is 15.6. The van der Waals surface area contributed by atoms with Crippen LogP contribution in [-0.4, -0.2) is 52.7 Å². The van der Waals surface area contributed by atoms with Crippen molar-refractivity contribution < 1.29 is 19.4 Å². The highest BCUT2D eigenvalue weighted by atomic mass is 32.1. The van der Waals surface area contributed by atoms with Crippen molar-refractivity contribution in [1.82, 2.24) is 9.88 Å². The Kier molecular flexibility index (Phi) is 4.40. The minimum Gasteiger partial charge on any atom is -0.479 e. The van der Waals surface area contributed by atoms with Gasteiger partial charge in [0.1, 0.15) is 5.01 Å². The number of benzene rings is 1. The summed E-state index contributed by atoms with van der Waals surface area (Å²) in [5.74, 6) is -1.22. The lowest BCUT2D eigenvalue weighted by molar-refractivity contribution is -0.154. The highest BCUT2D eigenvalue weighted by molar-refractivity contribution is 7.13. The van der Waals surface area contributed by atoms with Crippen LogP contribution in [0.1, 0.15) is 16.1 Å². The second-order valence-electron chi connectivity index (χ2n) is 5.32. The van der Waals surface area contributed by atoms with Gasteiger partial charge in [-0.3, -0.25) is 4.79 Å². The lowest BCUT2D eigenvalue weighted by Crippen LogP contribution is -2.48. The molecule has 0 saturated carbocycles. The Bertz CT molecular complexity index is 726. The van der Waals surface area contributed by atoms with E-state index in [0.29, 0.717) is 12.1 Å². The van der Waals surface area contributed by atoms with Crippen molar-refractivity contribution in [2.24, 2.45) is 0 Å². The third kappa shape index (κ3) is 3.40.